The molecule has 18 heavy (non-hydrogen) atoms. The van der Waals surface area contributed by atoms with E-state index in [1.165, 1.54) is 6.42 Å². The van der Waals surface area contributed by atoms with Crippen molar-refractivity contribution < 1.29 is 9.47 Å². The molecule has 1 aromatic rings. The Bertz CT molecular complexity index is 411. The summed E-state index contributed by atoms with van der Waals surface area (Å²) in [5, 5.41) is 0. The van der Waals surface area contributed by atoms with Gasteiger partial charge in [-0.05, 0) is 31.1 Å². The first kappa shape index (κ1) is 12.9. The lowest BCUT2D eigenvalue weighted by atomic mass is 9.80. The number of anilines is 1. The Labute approximate surface area is 108 Å². The van der Waals surface area contributed by atoms with Crippen molar-refractivity contribution in [2.24, 2.45) is 11.8 Å². The van der Waals surface area contributed by atoms with Gasteiger partial charge in [0.15, 0.2) is 0 Å². The fourth-order valence-electron chi connectivity index (χ4n) is 2.36. The van der Waals surface area contributed by atoms with E-state index in [9.17, 15) is 0 Å². The van der Waals surface area contributed by atoms with Gasteiger partial charge in [0.05, 0.1) is 13.2 Å². The number of methoxy groups -OCH3 is 1. The summed E-state index contributed by atoms with van der Waals surface area (Å²) < 4.78 is 10.9. The highest BCUT2D eigenvalue weighted by Gasteiger charge is 2.26. The van der Waals surface area contributed by atoms with Crippen LogP contribution in [0, 0.1) is 11.8 Å². The summed E-state index contributed by atoms with van der Waals surface area (Å²) in [7, 11) is 1.55. The standard InChI is InChI=1S/C13H21N3O2/c1-8-4-5-10(6-9(8)2)18-12-7-11(17-3)15-13(14)16-12/h7-10H,4-6H2,1-3H3,(H2,14,15,16). The van der Waals surface area contributed by atoms with Crippen LogP contribution in [0.1, 0.15) is 33.1 Å². The largest absolute Gasteiger partial charge is 0.481 e. The molecule has 1 aliphatic rings. The highest BCUT2D eigenvalue weighted by atomic mass is 16.5. The maximum absolute atomic E-state index is 5.89. The molecule has 2 rings (SSSR count). The van der Waals surface area contributed by atoms with Crippen LogP contribution in [0.25, 0.3) is 0 Å². The molecule has 0 aromatic carbocycles. The quantitative estimate of drug-likeness (QED) is 0.892. The Morgan fingerprint density at radius 3 is 2.56 bits per heavy atom. The van der Waals surface area contributed by atoms with Gasteiger partial charge in [0.25, 0.3) is 0 Å². The van der Waals surface area contributed by atoms with E-state index in [0.29, 0.717) is 17.7 Å². The monoisotopic (exact) mass is 251 g/mol. The van der Waals surface area contributed by atoms with Crippen molar-refractivity contribution >= 4 is 5.95 Å². The SMILES string of the molecule is COc1cc(OC2CCC(C)C(C)C2)nc(N)n1. The van der Waals surface area contributed by atoms with Gasteiger partial charge in [0.2, 0.25) is 17.7 Å². The van der Waals surface area contributed by atoms with Crippen LogP contribution in [-0.2, 0) is 0 Å². The predicted molar refractivity (Wildman–Crippen MR) is 69.6 cm³/mol. The van der Waals surface area contributed by atoms with Gasteiger partial charge in [-0.3, -0.25) is 0 Å². The molecule has 1 aliphatic carbocycles. The van der Waals surface area contributed by atoms with Gasteiger partial charge >= 0.3 is 0 Å². The lowest BCUT2D eigenvalue weighted by Crippen LogP contribution is -2.29. The van der Waals surface area contributed by atoms with Crippen LogP contribution in [0.4, 0.5) is 5.95 Å². The molecule has 2 N–H and O–H groups in total. The maximum Gasteiger partial charge on any atom is 0.226 e. The molecule has 1 fully saturated rings. The van der Waals surface area contributed by atoms with E-state index in [1.54, 1.807) is 13.2 Å². The predicted octanol–water partition coefficient (Wildman–Crippen LogP) is 2.27. The van der Waals surface area contributed by atoms with Crippen LogP contribution < -0.4 is 15.2 Å². The minimum atomic E-state index is 0.182. The second-order valence-electron chi connectivity index (χ2n) is 5.11. The average molecular weight is 251 g/mol. The molecule has 3 unspecified atom stereocenters. The summed E-state index contributed by atoms with van der Waals surface area (Å²) in [6.07, 6.45) is 3.55. The second kappa shape index (κ2) is 5.42. The molecule has 0 saturated heterocycles. The number of ether oxygens (including phenoxy) is 2. The van der Waals surface area contributed by atoms with Crippen LogP contribution in [0.2, 0.25) is 0 Å². The Hall–Kier alpha value is -1.52. The fourth-order valence-corrected chi connectivity index (χ4v) is 2.36. The molecule has 100 valence electrons. The van der Waals surface area contributed by atoms with Gasteiger partial charge in [0.1, 0.15) is 6.10 Å². The Balaban J connectivity index is 2.03. The van der Waals surface area contributed by atoms with Gasteiger partial charge in [0, 0.05) is 0 Å². The molecule has 1 aromatic heterocycles. The summed E-state index contributed by atoms with van der Waals surface area (Å²) in [6, 6.07) is 1.68. The zero-order chi connectivity index (χ0) is 13.1. The van der Waals surface area contributed by atoms with E-state index in [1.807, 2.05) is 0 Å². The second-order valence-corrected chi connectivity index (χ2v) is 5.11. The Morgan fingerprint density at radius 1 is 1.17 bits per heavy atom. The van der Waals surface area contributed by atoms with Crippen molar-refractivity contribution in [3.63, 3.8) is 0 Å². The molecule has 0 spiro atoms. The number of rotatable bonds is 3. The molecular formula is C13H21N3O2. The average Bonchev–Trinajstić information content (AvgIpc) is 2.33. The topological polar surface area (TPSA) is 70.3 Å². The van der Waals surface area contributed by atoms with Crippen LogP contribution in [-0.4, -0.2) is 23.2 Å². The summed E-state index contributed by atoms with van der Waals surface area (Å²) >= 11 is 0. The van der Waals surface area contributed by atoms with Crippen molar-refractivity contribution in [2.75, 3.05) is 12.8 Å². The number of aromatic nitrogens is 2. The van der Waals surface area contributed by atoms with Crippen molar-refractivity contribution in [3.05, 3.63) is 6.07 Å². The zero-order valence-electron chi connectivity index (χ0n) is 11.2. The maximum atomic E-state index is 5.89. The van der Waals surface area contributed by atoms with Crippen LogP contribution in [0.3, 0.4) is 0 Å². The van der Waals surface area contributed by atoms with E-state index in [2.05, 4.69) is 23.8 Å². The van der Waals surface area contributed by atoms with Crippen LogP contribution in [0.15, 0.2) is 6.07 Å². The Morgan fingerprint density at radius 2 is 1.89 bits per heavy atom. The van der Waals surface area contributed by atoms with Gasteiger partial charge < -0.3 is 15.2 Å². The van der Waals surface area contributed by atoms with Crippen LogP contribution in [0.5, 0.6) is 11.8 Å². The number of hydrogen-bond acceptors (Lipinski definition) is 5. The first-order valence-electron chi connectivity index (χ1n) is 6.43. The molecule has 0 aliphatic heterocycles. The third-order valence-corrected chi connectivity index (χ3v) is 3.74. The van der Waals surface area contributed by atoms with E-state index < -0.39 is 0 Å². The van der Waals surface area contributed by atoms with Crippen molar-refractivity contribution in [2.45, 2.75) is 39.2 Å². The summed E-state index contributed by atoms with van der Waals surface area (Å²) in [4.78, 5) is 8.02. The number of nitrogens with zero attached hydrogens (tertiary/aromatic N) is 2. The molecule has 1 heterocycles. The number of hydrogen-bond donors (Lipinski definition) is 1. The highest BCUT2D eigenvalue weighted by Crippen LogP contribution is 2.31. The van der Waals surface area contributed by atoms with E-state index in [-0.39, 0.29) is 12.1 Å². The number of nitrogen functional groups attached to an aromatic ring is 1. The van der Waals surface area contributed by atoms with Crippen molar-refractivity contribution in [3.8, 4) is 11.8 Å². The summed E-state index contributed by atoms with van der Waals surface area (Å²) in [5.41, 5.74) is 5.61. The van der Waals surface area contributed by atoms with E-state index in [4.69, 9.17) is 15.2 Å². The normalized spacial score (nSPS) is 27.8. The third-order valence-electron chi connectivity index (χ3n) is 3.74. The smallest absolute Gasteiger partial charge is 0.226 e. The fraction of sp³-hybridized carbons (Fsp3) is 0.692. The van der Waals surface area contributed by atoms with Gasteiger partial charge in [-0.1, -0.05) is 13.8 Å². The van der Waals surface area contributed by atoms with E-state index in [0.717, 1.165) is 18.8 Å². The van der Waals surface area contributed by atoms with Crippen molar-refractivity contribution in [1.82, 2.24) is 9.97 Å². The first-order valence-corrected chi connectivity index (χ1v) is 6.43. The molecule has 0 radical (unpaired) electrons. The molecular weight excluding hydrogens is 230 g/mol. The molecule has 5 heteroatoms. The highest BCUT2D eigenvalue weighted by molar-refractivity contribution is 5.29. The molecule has 5 nitrogen and oxygen atoms in total. The van der Waals surface area contributed by atoms with E-state index >= 15 is 0 Å². The molecule has 3 atom stereocenters. The lowest BCUT2D eigenvalue weighted by Gasteiger charge is -2.31. The lowest BCUT2D eigenvalue weighted by molar-refractivity contribution is 0.0961. The Kier molecular flexibility index (Phi) is 3.89. The van der Waals surface area contributed by atoms with Crippen LogP contribution >= 0.6 is 0 Å². The molecule has 0 bridgehead atoms. The zero-order valence-corrected chi connectivity index (χ0v) is 11.2. The minimum absolute atomic E-state index is 0.182. The summed E-state index contributed by atoms with van der Waals surface area (Å²) in [5.74, 6) is 2.59. The van der Waals surface area contributed by atoms with Gasteiger partial charge in [-0.25, -0.2) is 0 Å². The minimum Gasteiger partial charge on any atom is -0.481 e. The third kappa shape index (κ3) is 3.03. The molecule has 0 amide bonds. The first-order chi connectivity index (χ1) is 8.58. The summed E-state index contributed by atoms with van der Waals surface area (Å²) in [6.45, 7) is 4.57. The van der Waals surface area contributed by atoms with Gasteiger partial charge in [-0.2, -0.15) is 9.97 Å². The van der Waals surface area contributed by atoms with Gasteiger partial charge in [-0.15, -0.1) is 0 Å². The van der Waals surface area contributed by atoms with Crippen molar-refractivity contribution in [1.29, 1.82) is 0 Å². The molecule has 1 saturated carbocycles. The number of nitrogens with two attached hydrogens (primary N) is 1.